The molecule has 0 amide bonds. The molecule has 2 aromatic carbocycles. The summed E-state index contributed by atoms with van der Waals surface area (Å²) in [4.78, 5) is 13.4. The number of hydrogen-bond acceptors (Lipinski definition) is 4. The Labute approximate surface area is 176 Å². The molecular weight excluding hydrogens is 415 g/mol. The van der Waals surface area contributed by atoms with Gasteiger partial charge >= 0.3 is 5.63 Å². The van der Waals surface area contributed by atoms with Crippen LogP contribution in [0.15, 0.2) is 80.4 Å². The Hall–Kier alpha value is -2.14. The van der Waals surface area contributed by atoms with Gasteiger partial charge in [-0.2, -0.15) is 0 Å². The fourth-order valence-electron chi connectivity index (χ4n) is 3.03. The van der Waals surface area contributed by atoms with Crippen LogP contribution in [-0.4, -0.2) is 12.4 Å². The van der Waals surface area contributed by atoms with Crippen LogP contribution in [0.5, 0.6) is 5.75 Å². The molecule has 0 bridgehead atoms. The van der Waals surface area contributed by atoms with Crippen LogP contribution in [-0.2, 0) is 6.42 Å². The molecule has 1 aliphatic rings. The summed E-state index contributed by atoms with van der Waals surface area (Å²) in [6.07, 6.45) is 2.53. The van der Waals surface area contributed by atoms with Gasteiger partial charge in [-0.15, -0.1) is 11.8 Å². The van der Waals surface area contributed by atoms with Crippen LogP contribution < -0.4 is 10.4 Å². The fraction of sp³-hybridized carbons (Fsp3) is 0.136. The van der Waals surface area contributed by atoms with Crippen LogP contribution in [0.1, 0.15) is 5.56 Å². The van der Waals surface area contributed by atoms with E-state index < -0.39 is 0 Å². The Balaban J connectivity index is 1.53. The van der Waals surface area contributed by atoms with Gasteiger partial charge in [-0.1, -0.05) is 54.1 Å². The molecule has 142 valence electrons. The van der Waals surface area contributed by atoms with Crippen molar-refractivity contribution in [2.45, 2.75) is 11.3 Å². The van der Waals surface area contributed by atoms with Crippen LogP contribution in [0.25, 0.3) is 11.0 Å². The van der Waals surface area contributed by atoms with E-state index in [1.165, 1.54) is 0 Å². The number of halogens is 2. The summed E-state index contributed by atoms with van der Waals surface area (Å²) in [6.45, 7) is 4.46. The fourth-order valence-corrected chi connectivity index (χ4v) is 4.78. The summed E-state index contributed by atoms with van der Waals surface area (Å²) >= 11 is 13.7. The monoisotopic (exact) mass is 430 g/mol. The first-order chi connectivity index (χ1) is 13.5. The Kier molecular flexibility index (Phi) is 5.54. The normalized spacial score (nSPS) is 13.6. The first-order valence-electron chi connectivity index (χ1n) is 8.65. The highest BCUT2D eigenvalue weighted by atomic mass is 35.5. The van der Waals surface area contributed by atoms with E-state index in [1.807, 2.05) is 30.3 Å². The van der Waals surface area contributed by atoms with Gasteiger partial charge in [0.1, 0.15) is 17.9 Å². The van der Waals surface area contributed by atoms with E-state index in [9.17, 15) is 4.79 Å². The van der Waals surface area contributed by atoms with Crippen LogP contribution in [0.4, 0.5) is 0 Å². The smallest absolute Gasteiger partial charge is 0.340 e. The molecular formula is C22H16Cl2O3S. The molecule has 2 heterocycles. The number of rotatable bonds is 4. The molecule has 0 unspecified atom stereocenters. The lowest BCUT2D eigenvalue weighted by molar-refractivity contribution is 0.355. The minimum atomic E-state index is -0.284. The third kappa shape index (κ3) is 3.86. The predicted molar refractivity (Wildman–Crippen MR) is 116 cm³/mol. The van der Waals surface area contributed by atoms with Crippen molar-refractivity contribution in [3.63, 3.8) is 0 Å². The molecule has 0 fully saturated rings. The van der Waals surface area contributed by atoms with E-state index in [2.05, 4.69) is 6.58 Å². The van der Waals surface area contributed by atoms with Crippen molar-refractivity contribution < 1.29 is 9.15 Å². The van der Waals surface area contributed by atoms with Crippen molar-refractivity contribution in [3.8, 4) is 5.75 Å². The van der Waals surface area contributed by atoms with Crippen molar-refractivity contribution in [2.24, 2.45) is 0 Å². The highest BCUT2D eigenvalue weighted by molar-refractivity contribution is 7.99. The van der Waals surface area contributed by atoms with Crippen molar-refractivity contribution >= 4 is 45.9 Å². The van der Waals surface area contributed by atoms with Crippen molar-refractivity contribution in [3.05, 3.63) is 92.3 Å². The Morgan fingerprint density at radius 1 is 1.21 bits per heavy atom. The summed E-state index contributed by atoms with van der Waals surface area (Å²) in [5, 5.41) is 1.98. The van der Waals surface area contributed by atoms with E-state index in [-0.39, 0.29) is 5.63 Å². The van der Waals surface area contributed by atoms with Crippen LogP contribution in [0.3, 0.4) is 0 Å². The maximum absolute atomic E-state index is 12.4. The number of hydrogen-bond donors (Lipinski definition) is 0. The molecule has 28 heavy (non-hydrogen) atoms. The van der Waals surface area contributed by atoms with Gasteiger partial charge < -0.3 is 9.15 Å². The summed E-state index contributed by atoms with van der Waals surface area (Å²) in [5.41, 5.74) is 2.91. The van der Waals surface area contributed by atoms with Gasteiger partial charge in [0, 0.05) is 21.1 Å². The molecule has 0 saturated carbocycles. The SMILES string of the molecule is C=C(COc1ccc(Cl)cc1Cl)C1=CCc2c(c3ccccc3oc2=O)SC1. The average Bonchev–Trinajstić information content (AvgIpc) is 2.91. The number of benzene rings is 2. The zero-order valence-electron chi connectivity index (χ0n) is 14.8. The molecule has 0 radical (unpaired) electrons. The molecule has 0 aliphatic carbocycles. The molecule has 1 aromatic heterocycles. The van der Waals surface area contributed by atoms with Gasteiger partial charge in [-0.3, -0.25) is 0 Å². The molecule has 0 N–H and O–H groups in total. The van der Waals surface area contributed by atoms with Gasteiger partial charge in [-0.25, -0.2) is 4.79 Å². The number of para-hydroxylation sites is 1. The third-order valence-corrected chi connectivity index (χ3v) is 6.27. The van der Waals surface area contributed by atoms with Gasteiger partial charge in [0.05, 0.1) is 10.6 Å². The Morgan fingerprint density at radius 2 is 2.04 bits per heavy atom. The number of thioether (sulfide) groups is 1. The van der Waals surface area contributed by atoms with E-state index in [4.69, 9.17) is 32.4 Å². The van der Waals surface area contributed by atoms with Crippen molar-refractivity contribution in [1.82, 2.24) is 0 Å². The molecule has 1 aliphatic heterocycles. The zero-order valence-corrected chi connectivity index (χ0v) is 17.2. The average molecular weight is 431 g/mol. The molecule has 0 atom stereocenters. The van der Waals surface area contributed by atoms with Gasteiger partial charge in [-0.05, 0) is 41.8 Å². The molecule has 3 nitrogen and oxygen atoms in total. The predicted octanol–water partition coefficient (Wildman–Crippen LogP) is 6.31. The second-order valence-corrected chi connectivity index (χ2v) is 8.21. The molecule has 4 rings (SSSR count). The van der Waals surface area contributed by atoms with E-state index in [0.29, 0.717) is 45.7 Å². The van der Waals surface area contributed by atoms with E-state index >= 15 is 0 Å². The summed E-state index contributed by atoms with van der Waals surface area (Å²) < 4.78 is 11.3. The van der Waals surface area contributed by atoms with E-state index in [0.717, 1.165) is 21.4 Å². The molecule has 6 heteroatoms. The topological polar surface area (TPSA) is 39.4 Å². The molecule has 0 saturated heterocycles. The first-order valence-corrected chi connectivity index (χ1v) is 10.4. The first kappa shape index (κ1) is 19.2. The van der Waals surface area contributed by atoms with Gasteiger partial charge in [0.25, 0.3) is 0 Å². The van der Waals surface area contributed by atoms with Crippen LogP contribution in [0.2, 0.25) is 10.0 Å². The highest BCUT2D eigenvalue weighted by Crippen LogP contribution is 2.35. The second kappa shape index (κ2) is 8.08. The second-order valence-electron chi connectivity index (χ2n) is 6.38. The summed E-state index contributed by atoms with van der Waals surface area (Å²) in [5.74, 6) is 1.26. The Bertz CT molecular complexity index is 1160. The largest absolute Gasteiger partial charge is 0.487 e. The summed E-state index contributed by atoms with van der Waals surface area (Å²) in [6, 6.07) is 12.7. The Morgan fingerprint density at radius 3 is 2.86 bits per heavy atom. The molecule has 0 spiro atoms. The number of allylic oxidation sites excluding steroid dienone is 1. The zero-order chi connectivity index (χ0) is 19.7. The van der Waals surface area contributed by atoms with Crippen molar-refractivity contribution in [1.29, 1.82) is 0 Å². The standard InChI is InChI=1S/C22H16Cl2O3S/c1-13(11-26-20-9-7-15(23)10-18(20)24)14-6-8-17-21(28-12-14)16-4-2-3-5-19(16)27-22(17)25/h2-7,9-10H,1,8,11-12H2. The number of fused-ring (bicyclic) bond motifs is 3. The maximum Gasteiger partial charge on any atom is 0.340 e. The van der Waals surface area contributed by atoms with Gasteiger partial charge in [0.15, 0.2) is 0 Å². The molecule has 3 aromatic rings. The quantitative estimate of drug-likeness (QED) is 0.454. The summed E-state index contributed by atoms with van der Waals surface area (Å²) in [7, 11) is 0. The lowest BCUT2D eigenvalue weighted by atomic mass is 10.1. The van der Waals surface area contributed by atoms with Crippen LogP contribution >= 0.6 is 35.0 Å². The minimum absolute atomic E-state index is 0.284. The number of ether oxygens (including phenoxy) is 1. The third-order valence-electron chi connectivity index (χ3n) is 4.53. The lowest BCUT2D eigenvalue weighted by Crippen LogP contribution is -2.08. The van der Waals surface area contributed by atoms with E-state index in [1.54, 1.807) is 30.0 Å². The van der Waals surface area contributed by atoms with Gasteiger partial charge in [0.2, 0.25) is 0 Å². The minimum Gasteiger partial charge on any atom is -0.487 e. The van der Waals surface area contributed by atoms with Crippen LogP contribution in [0, 0.1) is 0 Å². The lowest BCUT2D eigenvalue weighted by Gasteiger charge is -2.12. The van der Waals surface area contributed by atoms with Crippen molar-refractivity contribution in [2.75, 3.05) is 12.4 Å². The maximum atomic E-state index is 12.4. The highest BCUT2D eigenvalue weighted by Gasteiger charge is 2.19.